The molecule has 0 aliphatic carbocycles. The molecule has 17 heavy (non-hydrogen) atoms. The van der Waals surface area contributed by atoms with Crippen LogP contribution in [0.5, 0.6) is 0 Å². The number of hydrogen-bond donors (Lipinski definition) is 1. The molecule has 0 saturated heterocycles. The van der Waals surface area contributed by atoms with Crippen LogP contribution in [-0.2, 0) is 14.3 Å². The predicted molar refractivity (Wildman–Crippen MR) is 65.5 cm³/mol. The van der Waals surface area contributed by atoms with E-state index in [0.29, 0.717) is 6.61 Å². The fourth-order valence-electron chi connectivity index (χ4n) is 1.09. The summed E-state index contributed by atoms with van der Waals surface area (Å²) in [6, 6.07) is 0. The normalized spacial score (nSPS) is 13.6. The standard InChI is InChI=1S/C13H24O4/c1-9(2)11(15)6-10(14)7-12(16)17-8-13(3,4)5/h9-10,14H,6-8H2,1-5H3. The zero-order valence-corrected chi connectivity index (χ0v) is 11.4. The summed E-state index contributed by atoms with van der Waals surface area (Å²) in [5.41, 5.74) is -0.0889. The smallest absolute Gasteiger partial charge is 0.308 e. The van der Waals surface area contributed by atoms with Crippen LogP contribution in [0.4, 0.5) is 0 Å². The SMILES string of the molecule is CC(C)C(=O)CC(O)CC(=O)OCC(C)(C)C. The summed E-state index contributed by atoms with van der Waals surface area (Å²) in [5.74, 6) is -0.611. The Morgan fingerprint density at radius 1 is 1.18 bits per heavy atom. The lowest BCUT2D eigenvalue weighted by Gasteiger charge is -2.18. The molecule has 0 aliphatic rings. The maximum absolute atomic E-state index is 11.4. The summed E-state index contributed by atoms with van der Waals surface area (Å²) in [6.07, 6.45) is -1.03. The lowest BCUT2D eigenvalue weighted by Crippen LogP contribution is -2.24. The summed E-state index contributed by atoms with van der Waals surface area (Å²) < 4.78 is 5.01. The Hall–Kier alpha value is -0.900. The number of carbonyl (C=O) groups excluding carboxylic acids is 2. The Kier molecular flexibility index (Phi) is 6.39. The van der Waals surface area contributed by atoms with Crippen molar-refractivity contribution in [2.24, 2.45) is 11.3 Å². The van der Waals surface area contributed by atoms with Crippen LogP contribution in [0.2, 0.25) is 0 Å². The van der Waals surface area contributed by atoms with Crippen molar-refractivity contribution < 1.29 is 19.4 Å². The van der Waals surface area contributed by atoms with Gasteiger partial charge >= 0.3 is 5.97 Å². The molecule has 0 saturated carbocycles. The molecular weight excluding hydrogens is 220 g/mol. The molecule has 100 valence electrons. The van der Waals surface area contributed by atoms with E-state index in [4.69, 9.17) is 4.74 Å². The summed E-state index contributed by atoms with van der Waals surface area (Å²) in [4.78, 5) is 22.7. The summed E-state index contributed by atoms with van der Waals surface area (Å²) in [7, 11) is 0. The minimum absolute atomic E-state index is 0.0162. The molecule has 0 aromatic rings. The number of rotatable bonds is 6. The molecule has 0 amide bonds. The number of carbonyl (C=O) groups is 2. The van der Waals surface area contributed by atoms with Gasteiger partial charge < -0.3 is 9.84 Å². The van der Waals surface area contributed by atoms with Gasteiger partial charge in [-0.3, -0.25) is 9.59 Å². The number of aliphatic hydroxyl groups is 1. The van der Waals surface area contributed by atoms with Crippen LogP contribution in [0.25, 0.3) is 0 Å². The summed E-state index contributed by atoms with van der Waals surface area (Å²) in [6.45, 7) is 9.73. The molecule has 0 heterocycles. The first-order valence-corrected chi connectivity index (χ1v) is 5.98. The van der Waals surface area contributed by atoms with Crippen LogP contribution in [0.1, 0.15) is 47.5 Å². The van der Waals surface area contributed by atoms with Gasteiger partial charge in [0.25, 0.3) is 0 Å². The van der Waals surface area contributed by atoms with E-state index in [0.717, 1.165) is 0 Å². The molecule has 4 nitrogen and oxygen atoms in total. The quantitative estimate of drug-likeness (QED) is 0.725. The predicted octanol–water partition coefficient (Wildman–Crippen LogP) is 1.94. The van der Waals surface area contributed by atoms with Gasteiger partial charge in [0.05, 0.1) is 19.1 Å². The monoisotopic (exact) mass is 244 g/mol. The Labute approximate surface area is 103 Å². The zero-order valence-electron chi connectivity index (χ0n) is 11.4. The third-order valence-corrected chi connectivity index (χ3v) is 2.15. The van der Waals surface area contributed by atoms with Crippen molar-refractivity contribution >= 4 is 11.8 Å². The van der Waals surface area contributed by atoms with Gasteiger partial charge in [0.2, 0.25) is 0 Å². The van der Waals surface area contributed by atoms with Crippen molar-refractivity contribution in [2.45, 2.75) is 53.6 Å². The topological polar surface area (TPSA) is 63.6 Å². The van der Waals surface area contributed by atoms with E-state index in [9.17, 15) is 14.7 Å². The fourth-order valence-corrected chi connectivity index (χ4v) is 1.09. The first kappa shape index (κ1) is 16.1. The molecule has 0 radical (unpaired) electrons. The van der Waals surface area contributed by atoms with Gasteiger partial charge in [-0.1, -0.05) is 34.6 Å². The van der Waals surface area contributed by atoms with Gasteiger partial charge in [0.1, 0.15) is 5.78 Å². The van der Waals surface area contributed by atoms with Gasteiger partial charge in [-0.25, -0.2) is 0 Å². The minimum Gasteiger partial charge on any atom is -0.465 e. The van der Waals surface area contributed by atoms with Gasteiger partial charge in [-0.2, -0.15) is 0 Å². The van der Waals surface area contributed by atoms with Crippen molar-refractivity contribution in [3.8, 4) is 0 Å². The van der Waals surface area contributed by atoms with E-state index in [1.807, 2.05) is 20.8 Å². The highest BCUT2D eigenvalue weighted by Crippen LogP contribution is 2.14. The zero-order chi connectivity index (χ0) is 13.6. The molecule has 1 N–H and O–H groups in total. The second-order valence-corrected chi connectivity index (χ2v) is 5.90. The van der Waals surface area contributed by atoms with Crippen LogP contribution in [0.15, 0.2) is 0 Å². The second-order valence-electron chi connectivity index (χ2n) is 5.90. The highest BCUT2D eigenvalue weighted by atomic mass is 16.5. The fraction of sp³-hybridized carbons (Fsp3) is 0.846. The summed E-state index contributed by atoms with van der Waals surface area (Å²) in [5, 5.41) is 9.55. The molecule has 0 aliphatic heterocycles. The van der Waals surface area contributed by atoms with Gasteiger partial charge in [-0.15, -0.1) is 0 Å². The largest absolute Gasteiger partial charge is 0.465 e. The van der Waals surface area contributed by atoms with Crippen LogP contribution < -0.4 is 0 Å². The third kappa shape index (κ3) is 8.86. The maximum Gasteiger partial charge on any atom is 0.308 e. The number of Topliss-reactive ketones (excluding diaryl/α,β-unsaturated/α-hetero) is 1. The number of hydrogen-bond acceptors (Lipinski definition) is 4. The number of ketones is 1. The molecule has 0 bridgehead atoms. The molecule has 1 unspecified atom stereocenters. The third-order valence-electron chi connectivity index (χ3n) is 2.15. The van der Waals surface area contributed by atoms with Crippen molar-refractivity contribution in [1.82, 2.24) is 0 Å². The molecular formula is C13H24O4. The van der Waals surface area contributed by atoms with Crippen LogP contribution >= 0.6 is 0 Å². The highest BCUT2D eigenvalue weighted by molar-refractivity contribution is 5.81. The van der Waals surface area contributed by atoms with Crippen molar-refractivity contribution in [3.63, 3.8) is 0 Å². The van der Waals surface area contributed by atoms with E-state index in [1.165, 1.54) is 0 Å². The Balaban J connectivity index is 3.92. The minimum atomic E-state index is -0.933. The van der Waals surface area contributed by atoms with E-state index in [1.54, 1.807) is 13.8 Å². The molecule has 1 atom stereocenters. The Morgan fingerprint density at radius 3 is 2.12 bits per heavy atom. The summed E-state index contributed by atoms with van der Waals surface area (Å²) >= 11 is 0. The van der Waals surface area contributed by atoms with Crippen LogP contribution in [0, 0.1) is 11.3 Å². The first-order chi connectivity index (χ1) is 7.61. The number of aliphatic hydroxyl groups excluding tert-OH is 1. The average Bonchev–Trinajstić information content (AvgIpc) is 2.13. The molecule has 0 aromatic carbocycles. The van der Waals surface area contributed by atoms with Gasteiger partial charge in [0, 0.05) is 12.3 Å². The lowest BCUT2D eigenvalue weighted by atomic mass is 9.98. The van der Waals surface area contributed by atoms with Crippen LogP contribution in [0.3, 0.4) is 0 Å². The molecule has 0 fully saturated rings. The molecule has 0 aromatic heterocycles. The Morgan fingerprint density at radius 2 is 1.71 bits per heavy atom. The molecule has 0 rings (SSSR count). The molecule has 0 spiro atoms. The second kappa shape index (κ2) is 6.74. The average molecular weight is 244 g/mol. The van der Waals surface area contributed by atoms with Crippen molar-refractivity contribution in [2.75, 3.05) is 6.61 Å². The van der Waals surface area contributed by atoms with E-state index >= 15 is 0 Å². The number of ether oxygens (including phenoxy) is 1. The van der Waals surface area contributed by atoms with E-state index in [-0.39, 0.29) is 30.0 Å². The van der Waals surface area contributed by atoms with Crippen LogP contribution in [-0.4, -0.2) is 29.6 Å². The van der Waals surface area contributed by atoms with Crippen molar-refractivity contribution in [3.05, 3.63) is 0 Å². The van der Waals surface area contributed by atoms with E-state index < -0.39 is 12.1 Å². The van der Waals surface area contributed by atoms with Crippen molar-refractivity contribution in [1.29, 1.82) is 0 Å². The highest BCUT2D eigenvalue weighted by Gasteiger charge is 2.19. The van der Waals surface area contributed by atoms with E-state index in [2.05, 4.69) is 0 Å². The first-order valence-electron chi connectivity index (χ1n) is 5.98. The molecule has 4 heteroatoms. The number of esters is 1. The van der Waals surface area contributed by atoms with Gasteiger partial charge in [0.15, 0.2) is 0 Å². The van der Waals surface area contributed by atoms with Gasteiger partial charge in [-0.05, 0) is 5.41 Å². The Bertz CT molecular complexity index is 263. The lowest BCUT2D eigenvalue weighted by molar-refractivity contribution is -0.148. The maximum atomic E-state index is 11.4.